The number of aromatic nitrogens is 2. The molecule has 0 unspecified atom stereocenters. The average Bonchev–Trinajstić information content (AvgIpc) is 2.69. The molecular weight excluding hydrogens is 373 g/mol. The van der Waals surface area contributed by atoms with Crippen molar-refractivity contribution in [2.24, 2.45) is 0 Å². The summed E-state index contributed by atoms with van der Waals surface area (Å²) in [5, 5.41) is 5.01. The maximum absolute atomic E-state index is 13.6. The van der Waals surface area contributed by atoms with Gasteiger partial charge in [0.15, 0.2) is 23.2 Å². The number of nitrogens with one attached hydrogen (secondary N) is 2. The third kappa shape index (κ3) is 4.14. The summed E-state index contributed by atoms with van der Waals surface area (Å²) < 4.78 is 39.8. The van der Waals surface area contributed by atoms with Gasteiger partial charge in [0, 0.05) is 23.6 Å². The second kappa shape index (κ2) is 7.87. The van der Waals surface area contributed by atoms with Crippen molar-refractivity contribution in [1.82, 2.24) is 9.97 Å². The predicted molar refractivity (Wildman–Crippen MR) is 96.0 cm³/mol. The van der Waals surface area contributed by atoms with Crippen molar-refractivity contribution in [2.45, 2.75) is 6.92 Å². The van der Waals surface area contributed by atoms with Gasteiger partial charge in [-0.2, -0.15) is 0 Å². The quantitative estimate of drug-likeness (QED) is 0.510. The van der Waals surface area contributed by atoms with Gasteiger partial charge in [-0.25, -0.2) is 23.1 Å². The van der Waals surface area contributed by atoms with Gasteiger partial charge in [0.2, 0.25) is 5.95 Å². The minimum Gasteiger partial charge on any atom is -0.324 e. The van der Waals surface area contributed by atoms with Crippen LogP contribution in [0.1, 0.15) is 27.6 Å². The Hall–Kier alpha value is -3.75. The first-order valence-corrected chi connectivity index (χ1v) is 8.00. The zero-order valence-corrected chi connectivity index (χ0v) is 14.5. The molecule has 0 saturated heterocycles. The molecule has 0 spiro atoms. The number of carbonyl (C=O) groups is 2. The number of halogens is 3. The average molecular weight is 386 g/mol. The minimum absolute atomic E-state index is 0.0211. The molecule has 1 heterocycles. The van der Waals surface area contributed by atoms with Gasteiger partial charge in [-0.1, -0.05) is 12.1 Å². The Morgan fingerprint density at radius 1 is 0.929 bits per heavy atom. The lowest BCUT2D eigenvalue weighted by Gasteiger charge is -2.08. The number of hydrogen-bond acceptors (Lipinski definition) is 5. The summed E-state index contributed by atoms with van der Waals surface area (Å²) in [5.41, 5.74) is 0.558. The van der Waals surface area contributed by atoms with Crippen LogP contribution in [0.2, 0.25) is 0 Å². The SMILES string of the molecule is CC(=O)c1cccc(Nc2ncc(C(=O)Nc3ccc(F)c(F)c3F)cn2)c1. The van der Waals surface area contributed by atoms with Gasteiger partial charge in [-0.05, 0) is 31.2 Å². The first-order chi connectivity index (χ1) is 13.3. The highest BCUT2D eigenvalue weighted by Gasteiger charge is 2.16. The molecule has 142 valence electrons. The van der Waals surface area contributed by atoms with Gasteiger partial charge < -0.3 is 10.6 Å². The molecule has 0 radical (unpaired) electrons. The van der Waals surface area contributed by atoms with E-state index >= 15 is 0 Å². The van der Waals surface area contributed by atoms with E-state index in [4.69, 9.17) is 0 Å². The Morgan fingerprint density at radius 2 is 1.64 bits per heavy atom. The van der Waals surface area contributed by atoms with Crippen LogP contribution in [0.15, 0.2) is 48.8 Å². The van der Waals surface area contributed by atoms with Crippen LogP contribution in [-0.2, 0) is 0 Å². The Morgan fingerprint density at radius 3 is 2.32 bits per heavy atom. The lowest BCUT2D eigenvalue weighted by Crippen LogP contribution is -2.15. The van der Waals surface area contributed by atoms with Crippen LogP contribution in [0, 0.1) is 17.5 Å². The van der Waals surface area contributed by atoms with E-state index in [1.807, 2.05) is 0 Å². The predicted octanol–water partition coefficient (Wildman–Crippen LogP) is 4.09. The van der Waals surface area contributed by atoms with Crippen molar-refractivity contribution in [1.29, 1.82) is 0 Å². The van der Waals surface area contributed by atoms with E-state index in [0.717, 1.165) is 6.07 Å². The highest BCUT2D eigenvalue weighted by Crippen LogP contribution is 2.20. The zero-order valence-electron chi connectivity index (χ0n) is 14.5. The van der Waals surface area contributed by atoms with Crippen molar-refractivity contribution in [3.63, 3.8) is 0 Å². The molecule has 0 aliphatic heterocycles. The second-order valence-electron chi connectivity index (χ2n) is 5.73. The molecule has 2 N–H and O–H groups in total. The standard InChI is InChI=1S/C19H13F3N4O2/c1-10(27)11-3-2-4-13(7-11)25-19-23-8-12(9-24-19)18(28)26-15-6-5-14(20)16(21)17(15)22/h2-9H,1H3,(H,26,28)(H,23,24,25). The highest BCUT2D eigenvalue weighted by atomic mass is 19.2. The summed E-state index contributed by atoms with van der Waals surface area (Å²) in [6, 6.07) is 8.30. The Kier molecular flexibility index (Phi) is 5.35. The van der Waals surface area contributed by atoms with Crippen LogP contribution in [0.3, 0.4) is 0 Å². The molecule has 6 nitrogen and oxygen atoms in total. The molecule has 0 bridgehead atoms. The van der Waals surface area contributed by atoms with Crippen LogP contribution in [0.25, 0.3) is 0 Å². The largest absolute Gasteiger partial charge is 0.324 e. The number of benzene rings is 2. The molecule has 0 atom stereocenters. The number of nitrogens with zero attached hydrogens (tertiary/aromatic N) is 2. The van der Waals surface area contributed by atoms with E-state index in [0.29, 0.717) is 17.3 Å². The van der Waals surface area contributed by atoms with Crippen LogP contribution in [-0.4, -0.2) is 21.7 Å². The van der Waals surface area contributed by atoms with E-state index in [2.05, 4.69) is 20.6 Å². The van der Waals surface area contributed by atoms with E-state index in [1.54, 1.807) is 24.3 Å². The van der Waals surface area contributed by atoms with Crippen molar-refractivity contribution in [3.05, 3.63) is 77.4 Å². The lowest BCUT2D eigenvalue weighted by atomic mass is 10.1. The molecule has 0 fully saturated rings. The number of Topliss-reactive ketones (excluding diaryl/α,β-unsaturated/α-hetero) is 1. The number of rotatable bonds is 5. The van der Waals surface area contributed by atoms with Crippen LogP contribution < -0.4 is 10.6 Å². The summed E-state index contributed by atoms with van der Waals surface area (Å²) >= 11 is 0. The molecule has 28 heavy (non-hydrogen) atoms. The van der Waals surface area contributed by atoms with Crippen molar-refractivity contribution < 1.29 is 22.8 Å². The minimum atomic E-state index is -1.68. The van der Waals surface area contributed by atoms with Gasteiger partial charge >= 0.3 is 0 Å². The Bertz CT molecular complexity index is 1060. The summed E-state index contributed by atoms with van der Waals surface area (Å²) in [6.07, 6.45) is 2.36. The smallest absolute Gasteiger partial charge is 0.258 e. The molecule has 1 amide bonds. The van der Waals surface area contributed by atoms with E-state index in [9.17, 15) is 22.8 Å². The molecule has 3 rings (SSSR count). The topological polar surface area (TPSA) is 84.0 Å². The summed E-state index contributed by atoms with van der Waals surface area (Å²) in [7, 11) is 0. The van der Waals surface area contributed by atoms with Crippen molar-refractivity contribution in [3.8, 4) is 0 Å². The van der Waals surface area contributed by atoms with E-state index in [-0.39, 0.29) is 17.3 Å². The first-order valence-electron chi connectivity index (χ1n) is 8.00. The zero-order chi connectivity index (χ0) is 20.3. The molecule has 0 aliphatic carbocycles. The molecule has 2 aromatic carbocycles. The van der Waals surface area contributed by atoms with Gasteiger partial charge in [-0.15, -0.1) is 0 Å². The number of anilines is 3. The summed E-state index contributed by atoms with van der Waals surface area (Å²) in [4.78, 5) is 31.5. The molecule has 9 heteroatoms. The van der Waals surface area contributed by atoms with Crippen molar-refractivity contribution in [2.75, 3.05) is 10.6 Å². The number of amides is 1. The van der Waals surface area contributed by atoms with E-state index in [1.165, 1.54) is 19.3 Å². The van der Waals surface area contributed by atoms with Gasteiger partial charge in [-0.3, -0.25) is 9.59 Å². The van der Waals surface area contributed by atoms with Gasteiger partial charge in [0.1, 0.15) is 0 Å². The number of ketones is 1. The fourth-order valence-corrected chi connectivity index (χ4v) is 2.27. The van der Waals surface area contributed by atoms with Gasteiger partial charge in [0.25, 0.3) is 5.91 Å². The van der Waals surface area contributed by atoms with Crippen LogP contribution >= 0.6 is 0 Å². The maximum Gasteiger partial charge on any atom is 0.258 e. The Labute approximate surface area is 157 Å². The monoisotopic (exact) mass is 386 g/mol. The summed E-state index contributed by atoms with van der Waals surface area (Å²) in [5.74, 6) is -5.27. The van der Waals surface area contributed by atoms with Crippen LogP contribution in [0.4, 0.5) is 30.5 Å². The molecule has 0 aliphatic rings. The van der Waals surface area contributed by atoms with E-state index < -0.39 is 29.0 Å². The molecule has 0 saturated carbocycles. The molecule has 1 aromatic heterocycles. The first kappa shape index (κ1) is 19.0. The fraction of sp³-hybridized carbons (Fsp3) is 0.0526. The Balaban J connectivity index is 1.72. The fourth-order valence-electron chi connectivity index (χ4n) is 2.27. The highest BCUT2D eigenvalue weighted by molar-refractivity contribution is 6.04. The second-order valence-corrected chi connectivity index (χ2v) is 5.73. The third-order valence-electron chi connectivity index (χ3n) is 3.72. The maximum atomic E-state index is 13.6. The molecular formula is C19H13F3N4O2. The van der Waals surface area contributed by atoms with Gasteiger partial charge in [0.05, 0.1) is 11.3 Å². The van der Waals surface area contributed by atoms with Crippen molar-refractivity contribution >= 4 is 29.0 Å². The summed E-state index contributed by atoms with van der Waals surface area (Å²) in [6.45, 7) is 1.44. The normalized spacial score (nSPS) is 10.4. The third-order valence-corrected chi connectivity index (χ3v) is 3.72. The number of carbonyl (C=O) groups excluding carboxylic acids is 2. The lowest BCUT2D eigenvalue weighted by molar-refractivity contribution is 0.101. The number of hydrogen-bond donors (Lipinski definition) is 2. The molecule has 3 aromatic rings. The van der Waals surface area contributed by atoms with Crippen LogP contribution in [0.5, 0.6) is 0 Å².